The van der Waals surface area contributed by atoms with Crippen LogP contribution in [0.4, 0.5) is 0 Å². The average Bonchev–Trinajstić information content (AvgIpc) is 2.47. The average molecular weight is 161 g/mol. The summed E-state index contributed by atoms with van der Waals surface area (Å²) in [6.07, 6.45) is 10.5. The zero-order valence-electron chi connectivity index (χ0n) is 7.91. The first-order valence-electron chi connectivity index (χ1n) is 4.19. The third-order valence-corrected chi connectivity index (χ3v) is 1.82. The molecule has 0 spiro atoms. The summed E-state index contributed by atoms with van der Waals surface area (Å²) >= 11 is 0. The molecule has 12 heavy (non-hydrogen) atoms. The van der Waals surface area contributed by atoms with E-state index in [0.717, 1.165) is 0 Å². The van der Waals surface area contributed by atoms with Gasteiger partial charge in [0.2, 0.25) is 0 Å². The van der Waals surface area contributed by atoms with Crippen LogP contribution in [0.2, 0.25) is 0 Å². The maximum absolute atomic E-state index is 2.12. The standard InChI is InChI=1S/C11H15N/c1-4-6-10(5-2)11-7-8-12(3)9-11/h4-9H,1-3H3. The molecule has 1 heteroatoms. The lowest BCUT2D eigenvalue weighted by Gasteiger charge is -1.95. The van der Waals surface area contributed by atoms with Crippen molar-refractivity contribution in [1.29, 1.82) is 0 Å². The molecule has 0 saturated carbocycles. The molecule has 0 saturated heterocycles. The summed E-state index contributed by atoms with van der Waals surface area (Å²) in [6.45, 7) is 4.09. The number of hydrogen-bond donors (Lipinski definition) is 0. The summed E-state index contributed by atoms with van der Waals surface area (Å²) in [5.74, 6) is 0. The molecule has 0 amide bonds. The topological polar surface area (TPSA) is 4.93 Å². The van der Waals surface area contributed by atoms with Gasteiger partial charge in [-0.2, -0.15) is 0 Å². The van der Waals surface area contributed by atoms with Gasteiger partial charge in [0.1, 0.15) is 0 Å². The Morgan fingerprint density at radius 2 is 2.17 bits per heavy atom. The molecule has 0 radical (unpaired) electrons. The molecule has 1 heterocycles. The molecule has 0 N–H and O–H groups in total. The minimum Gasteiger partial charge on any atom is -0.357 e. The molecule has 1 aromatic rings. The molecule has 1 aromatic heterocycles. The van der Waals surface area contributed by atoms with Gasteiger partial charge in [-0.1, -0.05) is 18.2 Å². The van der Waals surface area contributed by atoms with Crippen molar-refractivity contribution in [2.75, 3.05) is 0 Å². The molecule has 0 aliphatic carbocycles. The van der Waals surface area contributed by atoms with Crippen molar-refractivity contribution in [1.82, 2.24) is 4.57 Å². The third kappa shape index (κ3) is 1.88. The highest BCUT2D eigenvalue weighted by molar-refractivity contribution is 5.73. The summed E-state index contributed by atoms with van der Waals surface area (Å²) in [7, 11) is 2.03. The van der Waals surface area contributed by atoms with Gasteiger partial charge in [-0.15, -0.1) is 0 Å². The van der Waals surface area contributed by atoms with E-state index in [9.17, 15) is 0 Å². The molecule has 0 aromatic carbocycles. The summed E-state index contributed by atoms with van der Waals surface area (Å²) in [5.41, 5.74) is 2.55. The Balaban J connectivity index is 2.96. The maximum Gasteiger partial charge on any atom is 0.0110 e. The fraction of sp³-hybridized carbons (Fsp3) is 0.273. The van der Waals surface area contributed by atoms with Gasteiger partial charge < -0.3 is 4.57 Å². The number of aryl methyl sites for hydroxylation is 1. The third-order valence-electron chi connectivity index (χ3n) is 1.82. The van der Waals surface area contributed by atoms with Crippen LogP contribution in [0.5, 0.6) is 0 Å². The van der Waals surface area contributed by atoms with Crippen molar-refractivity contribution in [3.63, 3.8) is 0 Å². The summed E-state index contributed by atoms with van der Waals surface area (Å²) < 4.78 is 2.06. The first kappa shape index (κ1) is 8.85. The maximum atomic E-state index is 2.12. The summed E-state index contributed by atoms with van der Waals surface area (Å²) in [4.78, 5) is 0. The van der Waals surface area contributed by atoms with Crippen molar-refractivity contribution < 1.29 is 0 Å². The fourth-order valence-electron chi connectivity index (χ4n) is 1.21. The molecule has 0 aliphatic heterocycles. The molecular formula is C11H15N. The van der Waals surface area contributed by atoms with Gasteiger partial charge in [-0.25, -0.2) is 0 Å². The number of nitrogens with zero attached hydrogens (tertiary/aromatic N) is 1. The Kier molecular flexibility index (Phi) is 2.92. The molecular weight excluding hydrogens is 146 g/mol. The molecule has 0 atom stereocenters. The number of hydrogen-bond acceptors (Lipinski definition) is 0. The van der Waals surface area contributed by atoms with Crippen LogP contribution < -0.4 is 0 Å². The SMILES string of the molecule is CC=CC(=CC)c1ccn(C)c1. The fourth-order valence-corrected chi connectivity index (χ4v) is 1.21. The van der Waals surface area contributed by atoms with Gasteiger partial charge >= 0.3 is 0 Å². The van der Waals surface area contributed by atoms with Gasteiger partial charge in [-0.05, 0) is 31.1 Å². The van der Waals surface area contributed by atoms with E-state index < -0.39 is 0 Å². The first-order chi connectivity index (χ1) is 5.77. The van der Waals surface area contributed by atoms with Crippen molar-refractivity contribution in [3.05, 3.63) is 42.3 Å². The van der Waals surface area contributed by atoms with E-state index in [-0.39, 0.29) is 0 Å². The van der Waals surface area contributed by atoms with Crippen molar-refractivity contribution in [2.24, 2.45) is 7.05 Å². The van der Waals surface area contributed by atoms with Crippen LogP contribution in [0.1, 0.15) is 19.4 Å². The Hall–Kier alpha value is -1.24. The van der Waals surface area contributed by atoms with Crippen LogP contribution in [-0.4, -0.2) is 4.57 Å². The lowest BCUT2D eigenvalue weighted by molar-refractivity contribution is 0.927. The minimum absolute atomic E-state index is 1.28. The highest BCUT2D eigenvalue weighted by Crippen LogP contribution is 2.15. The lowest BCUT2D eigenvalue weighted by atomic mass is 10.1. The van der Waals surface area contributed by atoms with Crippen LogP contribution in [0.15, 0.2) is 36.7 Å². The van der Waals surface area contributed by atoms with Gasteiger partial charge in [0.05, 0.1) is 0 Å². The monoisotopic (exact) mass is 161 g/mol. The van der Waals surface area contributed by atoms with Crippen LogP contribution in [-0.2, 0) is 7.05 Å². The number of aromatic nitrogens is 1. The highest BCUT2D eigenvalue weighted by atomic mass is 14.9. The highest BCUT2D eigenvalue weighted by Gasteiger charge is 1.96. The smallest absolute Gasteiger partial charge is 0.0110 e. The first-order valence-corrected chi connectivity index (χ1v) is 4.19. The van der Waals surface area contributed by atoms with Gasteiger partial charge in [0.25, 0.3) is 0 Å². The van der Waals surface area contributed by atoms with E-state index in [1.54, 1.807) is 0 Å². The van der Waals surface area contributed by atoms with E-state index in [4.69, 9.17) is 0 Å². The second-order valence-corrected chi connectivity index (χ2v) is 2.81. The zero-order chi connectivity index (χ0) is 8.97. The van der Waals surface area contributed by atoms with E-state index in [1.165, 1.54) is 11.1 Å². The number of allylic oxidation sites excluding steroid dienone is 4. The largest absolute Gasteiger partial charge is 0.357 e. The quantitative estimate of drug-likeness (QED) is 0.588. The Morgan fingerprint density at radius 3 is 2.58 bits per heavy atom. The Labute approximate surface area is 74.0 Å². The normalized spacial score (nSPS) is 12.8. The molecule has 64 valence electrons. The van der Waals surface area contributed by atoms with Crippen molar-refractivity contribution >= 4 is 5.57 Å². The number of rotatable bonds is 2. The second-order valence-electron chi connectivity index (χ2n) is 2.81. The Morgan fingerprint density at radius 1 is 1.42 bits per heavy atom. The lowest BCUT2D eigenvalue weighted by Crippen LogP contribution is -1.79. The molecule has 0 fully saturated rings. The predicted octanol–water partition coefficient (Wildman–Crippen LogP) is 3.00. The van der Waals surface area contributed by atoms with E-state index in [1.807, 2.05) is 14.0 Å². The molecule has 1 rings (SSSR count). The molecule has 0 aliphatic rings. The second kappa shape index (κ2) is 3.96. The predicted molar refractivity (Wildman–Crippen MR) is 53.9 cm³/mol. The molecule has 0 bridgehead atoms. The van der Waals surface area contributed by atoms with Crippen molar-refractivity contribution in [3.8, 4) is 0 Å². The van der Waals surface area contributed by atoms with Crippen LogP contribution in [0.25, 0.3) is 5.57 Å². The minimum atomic E-state index is 1.28. The van der Waals surface area contributed by atoms with Gasteiger partial charge in [-0.3, -0.25) is 0 Å². The summed E-state index contributed by atoms with van der Waals surface area (Å²) in [5, 5.41) is 0. The summed E-state index contributed by atoms with van der Waals surface area (Å²) in [6, 6.07) is 2.12. The van der Waals surface area contributed by atoms with Crippen LogP contribution >= 0.6 is 0 Å². The van der Waals surface area contributed by atoms with E-state index in [2.05, 4.69) is 48.2 Å². The molecule has 1 nitrogen and oxygen atoms in total. The van der Waals surface area contributed by atoms with Gasteiger partial charge in [0.15, 0.2) is 0 Å². The van der Waals surface area contributed by atoms with E-state index in [0.29, 0.717) is 0 Å². The zero-order valence-corrected chi connectivity index (χ0v) is 7.91. The Bertz CT molecular complexity index is 303. The van der Waals surface area contributed by atoms with E-state index >= 15 is 0 Å². The van der Waals surface area contributed by atoms with Crippen LogP contribution in [0.3, 0.4) is 0 Å². The van der Waals surface area contributed by atoms with Crippen molar-refractivity contribution in [2.45, 2.75) is 13.8 Å². The molecule has 0 unspecified atom stereocenters. The van der Waals surface area contributed by atoms with Crippen LogP contribution in [0, 0.1) is 0 Å². The van der Waals surface area contributed by atoms with Gasteiger partial charge in [0, 0.05) is 19.4 Å².